The van der Waals surface area contributed by atoms with E-state index in [9.17, 15) is 4.79 Å². The highest BCUT2D eigenvalue weighted by molar-refractivity contribution is 6.30. The van der Waals surface area contributed by atoms with Crippen molar-refractivity contribution >= 4 is 29.2 Å². The Morgan fingerprint density at radius 1 is 1.08 bits per heavy atom. The van der Waals surface area contributed by atoms with Crippen LogP contribution in [-0.2, 0) is 0 Å². The zero-order chi connectivity index (χ0) is 26.5. The summed E-state index contributed by atoms with van der Waals surface area (Å²) in [6.45, 7) is 7.40. The van der Waals surface area contributed by atoms with Crippen LogP contribution >= 0.6 is 11.6 Å². The van der Waals surface area contributed by atoms with Gasteiger partial charge >= 0.3 is 6.09 Å². The number of nitrogens with zero attached hydrogens (tertiary/aromatic N) is 5. The van der Waals surface area contributed by atoms with Gasteiger partial charge in [0.2, 0.25) is 0 Å². The minimum atomic E-state index is -0.826. The molecule has 2 aliphatic heterocycles. The van der Waals surface area contributed by atoms with E-state index in [2.05, 4.69) is 20.1 Å². The minimum absolute atomic E-state index is 0.0902. The molecular weight excluding hydrogens is 504 g/mol. The highest BCUT2D eigenvalue weighted by atomic mass is 35.5. The fourth-order valence-corrected chi connectivity index (χ4v) is 5.23. The molecule has 1 atom stereocenters. The van der Waals surface area contributed by atoms with Gasteiger partial charge in [-0.1, -0.05) is 23.7 Å². The van der Waals surface area contributed by atoms with Crippen molar-refractivity contribution in [2.75, 3.05) is 56.0 Å². The molecule has 1 saturated heterocycles. The van der Waals surface area contributed by atoms with Gasteiger partial charge in [0.05, 0.1) is 6.04 Å². The molecule has 0 spiro atoms. The summed E-state index contributed by atoms with van der Waals surface area (Å²) < 4.78 is 6.01. The molecule has 9 nitrogen and oxygen atoms in total. The van der Waals surface area contributed by atoms with E-state index in [4.69, 9.17) is 26.4 Å². The first kappa shape index (κ1) is 26.1. The number of amides is 1. The van der Waals surface area contributed by atoms with E-state index in [-0.39, 0.29) is 6.04 Å². The number of rotatable bonds is 8. The Morgan fingerprint density at radius 3 is 2.61 bits per heavy atom. The van der Waals surface area contributed by atoms with Gasteiger partial charge in [0.1, 0.15) is 23.1 Å². The van der Waals surface area contributed by atoms with E-state index in [0.29, 0.717) is 23.9 Å². The second-order valence-corrected chi connectivity index (χ2v) is 10.2. The lowest BCUT2D eigenvalue weighted by Gasteiger charge is -2.36. The Bertz CT molecular complexity index is 1270. The van der Waals surface area contributed by atoms with Gasteiger partial charge in [0.25, 0.3) is 0 Å². The molecule has 10 heteroatoms. The zero-order valence-electron chi connectivity index (χ0n) is 21.5. The quantitative estimate of drug-likeness (QED) is 0.401. The lowest BCUT2D eigenvalue weighted by Crippen LogP contribution is -2.48. The fraction of sp³-hybridized carbons (Fsp3) is 0.393. The van der Waals surface area contributed by atoms with Crippen LogP contribution in [0, 0.1) is 6.92 Å². The smallest absolute Gasteiger partial charge is 0.407 e. The number of aromatic nitrogens is 2. The van der Waals surface area contributed by atoms with Crippen molar-refractivity contribution in [3.05, 3.63) is 71.1 Å². The van der Waals surface area contributed by atoms with Crippen LogP contribution in [0.4, 0.5) is 16.3 Å². The lowest BCUT2D eigenvalue weighted by atomic mass is 10.00. The van der Waals surface area contributed by atoms with Crippen LogP contribution in [-0.4, -0.2) is 76.8 Å². The van der Waals surface area contributed by atoms with Gasteiger partial charge in [-0.3, -0.25) is 4.90 Å². The maximum absolute atomic E-state index is 11.1. The molecule has 1 fully saturated rings. The van der Waals surface area contributed by atoms with E-state index in [1.165, 1.54) is 4.90 Å². The number of ether oxygens (including phenoxy) is 1. The van der Waals surface area contributed by atoms with Gasteiger partial charge in [0, 0.05) is 67.8 Å². The predicted octanol–water partition coefficient (Wildman–Crippen LogP) is 5.28. The zero-order valence-corrected chi connectivity index (χ0v) is 22.3. The highest BCUT2D eigenvalue weighted by Crippen LogP contribution is 2.35. The van der Waals surface area contributed by atoms with Crippen molar-refractivity contribution in [2.45, 2.75) is 25.8 Å². The Labute approximate surface area is 228 Å². The first-order valence-electron chi connectivity index (χ1n) is 13.0. The predicted molar refractivity (Wildman–Crippen MR) is 149 cm³/mol. The topological polar surface area (TPSA) is 94.1 Å². The van der Waals surface area contributed by atoms with Gasteiger partial charge in [-0.2, -0.15) is 0 Å². The average Bonchev–Trinajstić information content (AvgIpc) is 2.90. The molecule has 2 N–H and O–H groups in total. The van der Waals surface area contributed by atoms with E-state index in [1.54, 1.807) is 6.07 Å². The summed E-state index contributed by atoms with van der Waals surface area (Å²) in [6, 6.07) is 15.4. The van der Waals surface area contributed by atoms with Gasteiger partial charge in [-0.25, -0.2) is 14.8 Å². The normalized spacial score (nSPS) is 17.7. The van der Waals surface area contributed by atoms with Crippen molar-refractivity contribution in [2.24, 2.45) is 0 Å². The van der Waals surface area contributed by atoms with E-state index in [1.807, 2.05) is 55.6 Å². The van der Waals surface area contributed by atoms with E-state index < -0.39 is 6.09 Å². The maximum atomic E-state index is 11.1. The molecule has 1 unspecified atom stereocenters. The first-order valence-corrected chi connectivity index (χ1v) is 13.4. The average molecular weight is 537 g/mol. The molecular formula is C28H33ClN6O3. The standard InChI is InChI=1S/C28H33ClN6O3/c1-20-30-19-25-26(32-22-6-3-8-24(18-22)38-23-7-2-5-21(29)17-23)9-12-34(27(25)31-20)11-4-10-33-13-15-35(16-14-33)28(36)37/h2-3,5-8,17-19,26,32H,4,9-16H2,1H3,(H,36,37). The first-order chi connectivity index (χ1) is 18.4. The largest absolute Gasteiger partial charge is 0.465 e. The molecule has 200 valence electrons. The second kappa shape index (κ2) is 11.9. The van der Waals surface area contributed by atoms with Gasteiger partial charge in [-0.15, -0.1) is 0 Å². The minimum Gasteiger partial charge on any atom is -0.465 e. The molecule has 3 aromatic rings. The Balaban J connectivity index is 1.21. The summed E-state index contributed by atoms with van der Waals surface area (Å²) in [5.41, 5.74) is 2.06. The molecule has 1 amide bonds. The summed E-state index contributed by atoms with van der Waals surface area (Å²) in [7, 11) is 0. The van der Waals surface area contributed by atoms with Gasteiger partial charge in [-0.05, 0) is 56.6 Å². The number of nitrogens with one attached hydrogen (secondary N) is 1. The number of anilines is 2. The van der Waals surface area contributed by atoms with Gasteiger partial charge < -0.3 is 25.0 Å². The number of aryl methyl sites for hydroxylation is 1. The van der Waals surface area contributed by atoms with Crippen molar-refractivity contribution in [1.82, 2.24) is 19.8 Å². The van der Waals surface area contributed by atoms with Crippen molar-refractivity contribution in [3.63, 3.8) is 0 Å². The van der Waals surface area contributed by atoms with Crippen molar-refractivity contribution < 1.29 is 14.6 Å². The molecule has 0 saturated carbocycles. The summed E-state index contributed by atoms with van der Waals surface area (Å²) in [5.74, 6) is 3.18. The number of carboxylic acid groups (broad SMARTS) is 1. The summed E-state index contributed by atoms with van der Waals surface area (Å²) in [5, 5.41) is 13.5. The third-order valence-electron chi connectivity index (χ3n) is 7.03. The van der Waals surface area contributed by atoms with Crippen LogP contribution in [0.1, 0.15) is 30.3 Å². The molecule has 2 aliphatic rings. The Kier molecular flexibility index (Phi) is 8.14. The van der Waals surface area contributed by atoms with Crippen molar-refractivity contribution in [3.8, 4) is 11.5 Å². The van der Waals surface area contributed by atoms with Gasteiger partial charge in [0.15, 0.2) is 0 Å². The van der Waals surface area contributed by atoms with Crippen LogP contribution in [0.3, 0.4) is 0 Å². The summed E-state index contributed by atoms with van der Waals surface area (Å²) in [4.78, 5) is 26.6. The number of hydrogen-bond acceptors (Lipinski definition) is 7. The number of carbonyl (C=O) groups is 1. The molecule has 1 aromatic heterocycles. The molecule has 0 radical (unpaired) electrons. The molecule has 2 aromatic carbocycles. The van der Waals surface area contributed by atoms with Crippen LogP contribution in [0.5, 0.6) is 11.5 Å². The van der Waals surface area contributed by atoms with Crippen LogP contribution in [0.25, 0.3) is 0 Å². The Hall–Kier alpha value is -3.56. The monoisotopic (exact) mass is 536 g/mol. The van der Waals surface area contributed by atoms with E-state index >= 15 is 0 Å². The SMILES string of the molecule is Cc1ncc2c(n1)N(CCCN1CCN(C(=O)O)CC1)CCC2Nc1cccc(Oc2cccc(Cl)c2)c1. The molecule has 38 heavy (non-hydrogen) atoms. The molecule has 0 aliphatic carbocycles. The second-order valence-electron chi connectivity index (χ2n) is 9.72. The molecule has 3 heterocycles. The number of benzene rings is 2. The number of piperazine rings is 1. The van der Waals surface area contributed by atoms with Crippen LogP contribution < -0.4 is 15.0 Å². The third kappa shape index (κ3) is 6.46. The Morgan fingerprint density at radius 2 is 1.84 bits per heavy atom. The van der Waals surface area contributed by atoms with Crippen molar-refractivity contribution in [1.29, 1.82) is 0 Å². The fourth-order valence-electron chi connectivity index (χ4n) is 5.05. The lowest BCUT2D eigenvalue weighted by molar-refractivity contribution is 0.105. The number of hydrogen-bond donors (Lipinski definition) is 2. The summed E-state index contributed by atoms with van der Waals surface area (Å²) >= 11 is 6.10. The number of halogens is 1. The maximum Gasteiger partial charge on any atom is 0.407 e. The highest BCUT2D eigenvalue weighted by Gasteiger charge is 2.27. The van der Waals surface area contributed by atoms with Crippen LogP contribution in [0.15, 0.2) is 54.7 Å². The summed E-state index contributed by atoms with van der Waals surface area (Å²) in [6.07, 6.45) is 3.04. The third-order valence-corrected chi connectivity index (χ3v) is 7.27. The van der Waals surface area contributed by atoms with Crippen LogP contribution in [0.2, 0.25) is 5.02 Å². The van der Waals surface area contributed by atoms with E-state index in [0.717, 1.165) is 74.2 Å². The number of fused-ring (bicyclic) bond motifs is 1. The molecule has 0 bridgehead atoms. The molecule has 5 rings (SSSR count).